The molecule has 1 fully saturated rings. The molecule has 0 saturated heterocycles. The summed E-state index contributed by atoms with van der Waals surface area (Å²) < 4.78 is 0. The van der Waals surface area contributed by atoms with Gasteiger partial charge >= 0.3 is 0 Å². The Kier molecular flexibility index (Phi) is 3.97. The first-order chi connectivity index (χ1) is 9.43. The van der Waals surface area contributed by atoms with E-state index in [0.717, 1.165) is 18.9 Å². The Morgan fingerprint density at radius 2 is 2.00 bits per heavy atom. The lowest BCUT2D eigenvalue weighted by Crippen LogP contribution is -2.07. The lowest BCUT2D eigenvalue weighted by atomic mass is 9.90. The normalized spacial score (nSPS) is 17.5. The first-order valence-electron chi connectivity index (χ1n) is 7.48. The number of H-pyrrole nitrogens is 1. The van der Waals surface area contributed by atoms with E-state index >= 15 is 0 Å². The summed E-state index contributed by atoms with van der Waals surface area (Å²) in [5.41, 5.74) is 2.62. The molecule has 2 aromatic rings. The highest BCUT2D eigenvalue weighted by atomic mass is 14.7. The van der Waals surface area contributed by atoms with Crippen LogP contribution < -0.4 is 0 Å². The number of rotatable bonds is 4. The molecule has 0 atom stereocenters. The van der Waals surface area contributed by atoms with E-state index in [1.165, 1.54) is 48.6 Å². The molecule has 1 heterocycles. The fourth-order valence-corrected chi connectivity index (χ4v) is 3.03. The lowest BCUT2D eigenvalue weighted by molar-refractivity contribution is 0.444. The fourth-order valence-electron chi connectivity index (χ4n) is 3.03. The predicted octanol–water partition coefficient (Wildman–Crippen LogP) is 4.36. The van der Waals surface area contributed by atoms with Crippen LogP contribution in [0.15, 0.2) is 35.5 Å². The average Bonchev–Trinajstić information content (AvgIpc) is 2.88. The molecule has 1 aliphatic rings. The van der Waals surface area contributed by atoms with E-state index in [1.807, 2.05) is 0 Å². The molecule has 100 valence electrons. The number of para-hydroxylation sites is 1. The molecule has 0 aliphatic heterocycles. The number of hydrogen-bond acceptors (Lipinski definition) is 1. The van der Waals surface area contributed by atoms with Crippen molar-refractivity contribution in [2.45, 2.75) is 38.5 Å². The standard InChI is InChI=1S/C17H22N2/c1-2-6-14(7-3-1)12-18-11-10-15-13-19-17-9-5-4-8-16(15)17/h4-5,8-9,12-14,19H,1-3,6-7,10-11H2. The van der Waals surface area contributed by atoms with Gasteiger partial charge in [0.25, 0.3) is 0 Å². The van der Waals surface area contributed by atoms with Crippen molar-refractivity contribution < 1.29 is 0 Å². The maximum atomic E-state index is 4.64. The summed E-state index contributed by atoms with van der Waals surface area (Å²) >= 11 is 0. The minimum Gasteiger partial charge on any atom is -0.361 e. The van der Waals surface area contributed by atoms with Crippen molar-refractivity contribution in [1.82, 2.24) is 4.98 Å². The Hall–Kier alpha value is -1.57. The smallest absolute Gasteiger partial charge is 0.0456 e. The van der Waals surface area contributed by atoms with Crippen molar-refractivity contribution in [2.24, 2.45) is 10.9 Å². The maximum absolute atomic E-state index is 4.64. The molecule has 0 amide bonds. The zero-order valence-electron chi connectivity index (χ0n) is 11.4. The molecule has 19 heavy (non-hydrogen) atoms. The molecule has 0 radical (unpaired) electrons. The van der Waals surface area contributed by atoms with Gasteiger partial charge in [-0.05, 0) is 36.8 Å². The van der Waals surface area contributed by atoms with Crippen LogP contribution in [-0.2, 0) is 6.42 Å². The second kappa shape index (κ2) is 6.05. The molecule has 1 aromatic heterocycles. The second-order valence-corrected chi connectivity index (χ2v) is 5.56. The van der Waals surface area contributed by atoms with Crippen LogP contribution in [0, 0.1) is 5.92 Å². The highest BCUT2D eigenvalue weighted by Gasteiger charge is 2.10. The molecule has 1 aliphatic carbocycles. The van der Waals surface area contributed by atoms with Crippen LogP contribution in [0.25, 0.3) is 10.9 Å². The van der Waals surface area contributed by atoms with E-state index < -0.39 is 0 Å². The van der Waals surface area contributed by atoms with Crippen molar-refractivity contribution in [2.75, 3.05) is 6.54 Å². The SMILES string of the molecule is C(=NCCc1c[nH]c2ccccc12)C1CCCCC1. The van der Waals surface area contributed by atoms with Gasteiger partial charge in [0.15, 0.2) is 0 Å². The molecule has 2 nitrogen and oxygen atoms in total. The second-order valence-electron chi connectivity index (χ2n) is 5.56. The third-order valence-corrected chi connectivity index (χ3v) is 4.15. The molecule has 1 aromatic carbocycles. The minimum absolute atomic E-state index is 0.747. The Morgan fingerprint density at radius 1 is 1.16 bits per heavy atom. The Balaban J connectivity index is 1.55. The van der Waals surface area contributed by atoms with Crippen LogP contribution in [0.2, 0.25) is 0 Å². The lowest BCUT2D eigenvalue weighted by Gasteiger charge is -2.16. The van der Waals surface area contributed by atoms with Crippen LogP contribution in [0.3, 0.4) is 0 Å². The van der Waals surface area contributed by atoms with E-state index in [4.69, 9.17) is 0 Å². The van der Waals surface area contributed by atoms with Crippen molar-refractivity contribution in [1.29, 1.82) is 0 Å². The maximum Gasteiger partial charge on any atom is 0.0456 e. The van der Waals surface area contributed by atoms with E-state index in [0.29, 0.717) is 0 Å². The first kappa shape index (κ1) is 12.5. The minimum atomic E-state index is 0.747. The van der Waals surface area contributed by atoms with Crippen LogP contribution in [0.4, 0.5) is 0 Å². The van der Waals surface area contributed by atoms with Gasteiger partial charge in [-0.25, -0.2) is 0 Å². The molecule has 3 rings (SSSR count). The zero-order chi connectivity index (χ0) is 12.9. The molecule has 2 heteroatoms. The van der Waals surface area contributed by atoms with Crippen molar-refractivity contribution in [3.63, 3.8) is 0 Å². The Labute approximate surface area is 114 Å². The number of aromatic nitrogens is 1. The van der Waals surface area contributed by atoms with Gasteiger partial charge in [0.05, 0.1) is 0 Å². The average molecular weight is 254 g/mol. The van der Waals surface area contributed by atoms with Gasteiger partial charge in [-0.2, -0.15) is 0 Å². The highest BCUT2D eigenvalue weighted by Crippen LogP contribution is 2.22. The number of nitrogens with one attached hydrogen (secondary N) is 1. The van der Waals surface area contributed by atoms with Gasteiger partial charge in [-0.3, -0.25) is 4.99 Å². The number of hydrogen-bond donors (Lipinski definition) is 1. The van der Waals surface area contributed by atoms with E-state index in [-0.39, 0.29) is 0 Å². The summed E-state index contributed by atoms with van der Waals surface area (Å²) in [5, 5.41) is 1.34. The largest absolute Gasteiger partial charge is 0.361 e. The predicted molar refractivity (Wildman–Crippen MR) is 81.9 cm³/mol. The summed E-state index contributed by atoms with van der Waals surface area (Å²) in [6.45, 7) is 0.915. The van der Waals surface area contributed by atoms with Gasteiger partial charge in [0.1, 0.15) is 0 Å². The molecule has 1 N–H and O–H groups in total. The van der Waals surface area contributed by atoms with E-state index in [9.17, 15) is 0 Å². The van der Waals surface area contributed by atoms with Crippen LogP contribution >= 0.6 is 0 Å². The van der Waals surface area contributed by atoms with Crippen LogP contribution in [-0.4, -0.2) is 17.7 Å². The molecule has 0 bridgehead atoms. The topological polar surface area (TPSA) is 28.1 Å². The van der Waals surface area contributed by atoms with E-state index in [2.05, 4.69) is 46.7 Å². The fraction of sp³-hybridized carbons (Fsp3) is 0.471. The zero-order valence-corrected chi connectivity index (χ0v) is 11.4. The van der Waals surface area contributed by atoms with Gasteiger partial charge in [0.2, 0.25) is 0 Å². The number of nitrogens with zero attached hydrogens (tertiary/aromatic N) is 1. The third kappa shape index (κ3) is 3.06. The van der Waals surface area contributed by atoms with Gasteiger partial charge in [-0.1, -0.05) is 37.5 Å². The van der Waals surface area contributed by atoms with Gasteiger partial charge in [-0.15, -0.1) is 0 Å². The summed E-state index contributed by atoms with van der Waals surface area (Å²) in [4.78, 5) is 7.96. The summed E-state index contributed by atoms with van der Waals surface area (Å²) in [6, 6.07) is 8.49. The van der Waals surface area contributed by atoms with Crippen molar-refractivity contribution in [3.8, 4) is 0 Å². The first-order valence-corrected chi connectivity index (χ1v) is 7.48. The number of aliphatic imine (C=N–C) groups is 1. The number of fused-ring (bicyclic) bond motifs is 1. The summed E-state index contributed by atoms with van der Waals surface area (Å²) in [6.07, 6.45) is 12.3. The van der Waals surface area contributed by atoms with Gasteiger partial charge in [0, 0.05) is 29.9 Å². The number of benzene rings is 1. The number of aromatic amines is 1. The monoisotopic (exact) mass is 254 g/mol. The molecular formula is C17H22N2. The highest BCUT2D eigenvalue weighted by molar-refractivity contribution is 5.83. The molecule has 0 unspecified atom stereocenters. The van der Waals surface area contributed by atoms with Crippen molar-refractivity contribution in [3.05, 3.63) is 36.0 Å². The van der Waals surface area contributed by atoms with Gasteiger partial charge < -0.3 is 4.98 Å². The summed E-state index contributed by atoms with van der Waals surface area (Å²) in [7, 11) is 0. The molecule has 0 spiro atoms. The Morgan fingerprint density at radius 3 is 2.89 bits per heavy atom. The van der Waals surface area contributed by atoms with Crippen molar-refractivity contribution >= 4 is 17.1 Å². The van der Waals surface area contributed by atoms with E-state index in [1.54, 1.807) is 0 Å². The molecule has 1 saturated carbocycles. The molecular weight excluding hydrogens is 232 g/mol. The quantitative estimate of drug-likeness (QED) is 0.785. The van der Waals surface area contributed by atoms with Crippen LogP contribution in [0.1, 0.15) is 37.7 Å². The summed E-state index contributed by atoms with van der Waals surface area (Å²) in [5.74, 6) is 0.747. The Bertz CT molecular complexity index is 547. The van der Waals surface area contributed by atoms with Crippen LogP contribution in [0.5, 0.6) is 0 Å². The third-order valence-electron chi connectivity index (χ3n) is 4.15.